The Bertz CT molecular complexity index is 1170. The predicted molar refractivity (Wildman–Crippen MR) is 123 cm³/mol. The van der Waals surface area contributed by atoms with Crippen LogP contribution in [0.4, 0.5) is 4.39 Å². The fourth-order valence-electron chi connectivity index (χ4n) is 3.83. The van der Waals surface area contributed by atoms with Crippen LogP contribution in [-0.2, 0) is 30.9 Å². The molecule has 1 heterocycles. The van der Waals surface area contributed by atoms with Crippen LogP contribution in [0.25, 0.3) is 0 Å². The number of carbonyl (C=O) groups excluding carboxylic acids is 2. The second-order valence-electron chi connectivity index (χ2n) is 8.37. The molecule has 1 amide bonds. The quantitative estimate of drug-likeness (QED) is 0.567. The van der Waals surface area contributed by atoms with Crippen molar-refractivity contribution in [1.82, 2.24) is 9.21 Å². The topological polar surface area (TPSA) is 104 Å². The van der Waals surface area contributed by atoms with Crippen LogP contribution in [0.3, 0.4) is 0 Å². The van der Waals surface area contributed by atoms with Crippen LogP contribution in [-0.4, -0.2) is 66.4 Å². The highest BCUT2D eigenvalue weighted by molar-refractivity contribution is 7.89. The molecule has 34 heavy (non-hydrogen) atoms. The summed E-state index contributed by atoms with van der Waals surface area (Å²) >= 11 is 0. The number of likely N-dealkylation sites (N-methyl/N-ethyl adjacent to an activating group) is 1. The largest absolute Gasteiger partial charge is 0.454 e. The first-order valence-electron chi connectivity index (χ1n) is 11.0. The molecule has 0 aliphatic carbocycles. The normalized spacial score (nSPS) is 18.6. The van der Waals surface area contributed by atoms with Crippen LogP contribution in [0.15, 0.2) is 47.4 Å². The van der Waals surface area contributed by atoms with E-state index in [1.807, 2.05) is 6.92 Å². The summed E-state index contributed by atoms with van der Waals surface area (Å²) in [6.45, 7) is 4.99. The molecule has 1 aliphatic rings. The van der Waals surface area contributed by atoms with Crippen molar-refractivity contribution >= 4 is 21.9 Å². The van der Waals surface area contributed by atoms with Gasteiger partial charge in [-0.2, -0.15) is 4.31 Å². The molecule has 8 nitrogen and oxygen atoms in total. The molecular weight excluding hydrogens is 463 g/mol. The van der Waals surface area contributed by atoms with Crippen LogP contribution in [0, 0.1) is 19.7 Å². The van der Waals surface area contributed by atoms with Gasteiger partial charge in [0.1, 0.15) is 11.9 Å². The van der Waals surface area contributed by atoms with Crippen molar-refractivity contribution in [2.45, 2.75) is 50.8 Å². The van der Waals surface area contributed by atoms with E-state index in [1.165, 1.54) is 29.2 Å². The Labute approximate surface area is 199 Å². The zero-order valence-electron chi connectivity index (χ0n) is 19.4. The maximum absolute atomic E-state index is 13.4. The maximum atomic E-state index is 13.4. The summed E-state index contributed by atoms with van der Waals surface area (Å²) in [5.41, 5.74) is 2.29. The summed E-state index contributed by atoms with van der Waals surface area (Å²) in [4.78, 5) is 26.8. The predicted octanol–water partition coefficient (Wildman–Crippen LogP) is 2.16. The van der Waals surface area contributed by atoms with Crippen molar-refractivity contribution < 1.29 is 32.2 Å². The molecule has 1 unspecified atom stereocenters. The number of aliphatic hydroxyl groups is 1. The van der Waals surface area contributed by atoms with E-state index in [0.29, 0.717) is 12.1 Å². The van der Waals surface area contributed by atoms with Gasteiger partial charge in [0.2, 0.25) is 10.0 Å². The number of rotatable bonds is 8. The summed E-state index contributed by atoms with van der Waals surface area (Å²) < 4.78 is 45.9. The minimum Gasteiger partial charge on any atom is -0.454 e. The van der Waals surface area contributed by atoms with Crippen LogP contribution in [0.5, 0.6) is 0 Å². The molecule has 0 aromatic heterocycles. The molecule has 1 aliphatic heterocycles. The molecule has 0 spiro atoms. The molecule has 2 atom stereocenters. The number of aliphatic hydroxyl groups excluding tert-OH is 1. The molecule has 184 valence electrons. The van der Waals surface area contributed by atoms with E-state index < -0.39 is 46.5 Å². The zero-order chi connectivity index (χ0) is 25.0. The number of sulfonamides is 1. The van der Waals surface area contributed by atoms with Gasteiger partial charge in [-0.25, -0.2) is 12.8 Å². The van der Waals surface area contributed by atoms with E-state index >= 15 is 0 Å². The molecule has 0 radical (unpaired) electrons. The number of carbonyl (C=O) groups is 2. The van der Waals surface area contributed by atoms with Crippen LogP contribution < -0.4 is 0 Å². The fraction of sp³-hybridized carbons (Fsp3) is 0.417. The SMILES string of the molecule is CCN(Cc1cccc(F)c1)C(=O)COC(=O)[C@@H]1CC(O)CN1S(=O)(=O)c1ccc(C)c(C)c1. The summed E-state index contributed by atoms with van der Waals surface area (Å²) in [6, 6.07) is 9.26. The van der Waals surface area contributed by atoms with E-state index in [2.05, 4.69) is 0 Å². The summed E-state index contributed by atoms with van der Waals surface area (Å²) in [5.74, 6) is -1.82. The number of nitrogens with zero attached hydrogens (tertiary/aromatic N) is 2. The molecule has 0 saturated carbocycles. The van der Waals surface area contributed by atoms with Gasteiger partial charge in [-0.1, -0.05) is 18.2 Å². The van der Waals surface area contributed by atoms with Crippen LogP contribution in [0.2, 0.25) is 0 Å². The van der Waals surface area contributed by atoms with Crippen molar-refractivity contribution in [3.05, 3.63) is 65.0 Å². The smallest absolute Gasteiger partial charge is 0.325 e. The average Bonchev–Trinajstić information content (AvgIpc) is 3.20. The Morgan fingerprint density at radius 1 is 1.18 bits per heavy atom. The first kappa shape index (κ1) is 25.8. The van der Waals surface area contributed by atoms with Crippen LogP contribution >= 0.6 is 0 Å². The van der Waals surface area contributed by atoms with Gasteiger partial charge in [-0.3, -0.25) is 9.59 Å². The molecule has 1 fully saturated rings. The molecule has 1 N–H and O–H groups in total. The van der Waals surface area contributed by atoms with Crippen LogP contribution in [0.1, 0.15) is 30.0 Å². The third-order valence-electron chi connectivity index (χ3n) is 5.93. The van der Waals surface area contributed by atoms with Gasteiger partial charge >= 0.3 is 5.97 Å². The van der Waals surface area contributed by atoms with Gasteiger partial charge in [-0.15, -0.1) is 0 Å². The number of esters is 1. The number of hydrogen-bond donors (Lipinski definition) is 1. The second-order valence-corrected chi connectivity index (χ2v) is 10.3. The second kappa shape index (κ2) is 10.6. The molecule has 2 aromatic carbocycles. The van der Waals surface area contributed by atoms with Gasteiger partial charge in [0.15, 0.2) is 6.61 Å². The number of β-amino-alcohol motifs (C(OH)–C–C–N with tert-alkyl or cyclic N) is 1. The molecular formula is C24H29FN2O6S. The number of halogens is 1. The third kappa shape index (κ3) is 5.81. The van der Waals surface area contributed by atoms with Gasteiger partial charge < -0.3 is 14.7 Å². The average molecular weight is 493 g/mol. The number of benzene rings is 2. The van der Waals surface area contributed by atoms with E-state index in [1.54, 1.807) is 32.0 Å². The lowest BCUT2D eigenvalue weighted by atomic mass is 10.1. The Kier molecular flexibility index (Phi) is 8.06. The minimum atomic E-state index is -4.07. The number of aryl methyl sites for hydroxylation is 2. The number of hydrogen-bond acceptors (Lipinski definition) is 6. The first-order chi connectivity index (χ1) is 16.0. The monoisotopic (exact) mass is 492 g/mol. The summed E-state index contributed by atoms with van der Waals surface area (Å²) in [5, 5.41) is 10.1. The maximum Gasteiger partial charge on any atom is 0.325 e. The number of amides is 1. The lowest BCUT2D eigenvalue weighted by Crippen LogP contribution is -2.43. The van der Waals surface area contributed by atoms with E-state index in [4.69, 9.17) is 4.74 Å². The number of ether oxygens (including phenoxy) is 1. The fourth-order valence-corrected chi connectivity index (χ4v) is 5.54. The summed E-state index contributed by atoms with van der Waals surface area (Å²) in [7, 11) is -4.07. The highest BCUT2D eigenvalue weighted by Gasteiger charge is 2.44. The molecule has 3 rings (SSSR count). The zero-order valence-corrected chi connectivity index (χ0v) is 20.2. The Morgan fingerprint density at radius 2 is 1.91 bits per heavy atom. The molecule has 2 aromatic rings. The lowest BCUT2D eigenvalue weighted by Gasteiger charge is -2.24. The molecule has 1 saturated heterocycles. The van der Waals surface area contributed by atoms with E-state index in [0.717, 1.165) is 15.4 Å². The van der Waals surface area contributed by atoms with Crippen molar-refractivity contribution in [1.29, 1.82) is 0 Å². The van der Waals surface area contributed by atoms with E-state index in [9.17, 15) is 27.5 Å². The first-order valence-corrected chi connectivity index (χ1v) is 12.4. The van der Waals surface area contributed by atoms with Crippen molar-refractivity contribution in [2.24, 2.45) is 0 Å². The Hall–Kier alpha value is -2.82. The van der Waals surface area contributed by atoms with E-state index in [-0.39, 0.29) is 24.4 Å². The third-order valence-corrected chi connectivity index (χ3v) is 7.80. The van der Waals surface area contributed by atoms with Crippen molar-refractivity contribution in [3.8, 4) is 0 Å². The van der Waals surface area contributed by atoms with Gasteiger partial charge in [-0.05, 0) is 61.7 Å². The molecule has 0 bridgehead atoms. The summed E-state index contributed by atoms with van der Waals surface area (Å²) in [6.07, 6.45) is -1.16. The highest BCUT2D eigenvalue weighted by Crippen LogP contribution is 2.28. The molecule has 10 heteroatoms. The van der Waals surface area contributed by atoms with Gasteiger partial charge in [0.25, 0.3) is 5.91 Å². The van der Waals surface area contributed by atoms with Gasteiger partial charge in [0, 0.05) is 26.1 Å². The van der Waals surface area contributed by atoms with Crippen molar-refractivity contribution in [3.63, 3.8) is 0 Å². The standard InChI is InChI=1S/C24H29FN2O6S/c1-4-26(13-18-6-5-7-19(25)11-18)23(29)15-33-24(30)22-12-20(28)14-27(22)34(31,32)21-9-8-16(2)17(3)10-21/h5-11,20,22,28H,4,12-15H2,1-3H3/t20?,22-/m0/s1. The highest BCUT2D eigenvalue weighted by atomic mass is 32.2. The van der Waals surface area contributed by atoms with Gasteiger partial charge in [0.05, 0.1) is 11.0 Å². The lowest BCUT2D eigenvalue weighted by molar-refractivity contribution is -0.155. The Balaban J connectivity index is 1.68. The van der Waals surface area contributed by atoms with Crippen molar-refractivity contribution in [2.75, 3.05) is 19.7 Å². The minimum absolute atomic E-state index is 0.0193. The Morgan fingerprint density at radius 3 is 2.56 bits per heavy atom.